The number of hydrogen-bond donors (Lipinski definition) is 1. The number of halogens is 1. The van der Waals surface area contributed by atoms with Crippen LogP contribution in [0.4, 0.5) is 0 Å². The van der Waals surface area contributed by atoms with Crippen molar-refractivity contribution < 1.29 is 8.42 Å². The maximum Gasteiger partial charge on any atom is 0.275 e. The average molecular weight is 381 g/mol. The molecule has 3 rings (SSSR count). The molecule has 1 aromatic carbocycles. The predicted molar refractivity (Wildman–Crippen MR) is 87.9 cm³/mol. The molecule has 0 fully saturated rings. The van der Waals surface area contributed by atoms with E-state index in [1.54, 1.807) is 36.5 Å². The number of fused-ring (bicyclic) bond motifs is 1. The van der Waals surface area contributed by atoms with Gasteiger partial charge in [0.2, 0.25) is 9.84 Å². The molecule has 3 aromatic rings. The van der Waals surface area contributed by atoms with E-state index in [0.717, 1.165) is 10.1 Å². The lowest BCUT2D eigenvalue weighted by atomic mass is 10.2. The van der Waals surface area contributed by atoms with Gasteiger partial charge in [0.15, 0.2) is 5.03 Å². The summed E-state index contributed by atoms with van der Waals surface area (Å²) in [5.41, 5.74) is 0.958. The number of benzene rings is 1. The summed E-state index contributed by atoms with van der Waals surface area (Å²) < 4.78 is 27.3. The first-order valence-corrected chi connectivity index (χ1v) is 8.79. The molecule has 2 aromatic heterocycles. The van der Waals surface area contributed by atoms with Gasteiger partial charge in [-0.2, -0.15) is 0 Å². The minimum Gasteiger partial charge on any atom is -0.357 e. The zero-order chi connectivity index (χ0) is 16.1. The second kappa shape index (κ2) is 5.10. The van der Waals surface area contributed by atoms with Crippen LogP contribution in [0.3, 0.4) is 0 Å². The van der Waals surface area contributed by atoms with E-state index in [-0.39, 0.29) is 15.5 Å². The minimum absolute atomic E-state index is 0.0477. The zero-order valence-corrected chi connectivity index (χ0v) is 14.3. The van der Waals surface area contributed by atoms with Crippen molar-refractivity contribution in [3.8, 4) is 0 Å². The molecule has 0 amide bonds. The summed E-state index contributed by atoms with van der Waals surface area (Å²) >= 11 is 3.33. The first kappa shape index (κ1) is 15.1. The topological polar surface area (TPSA) is 71.9 Å². The van der Waals surface area contributed by atoms with Crippen LogP contribution in [0.25, 0.3) is 10.9 Å². The molecule has 7 heteroatoms. The fraction of sp³-hybridized carbons (Fsp3) is 0.133. The molecule has 2 heterocycles. The number of aromatic amines is 1. The van der Waals surface area contributed by atoms with Crippen molar-refractivity contribution in [3.05, 3.63) is 56.9 Å². The molecule has 0 bridgehead atoms. The molecular weight excluding hydrogens is 368 g/mol. The third kappa shape index (κ3) is 2.12. The number of aryl methyl sites for hydroxylation is 1. The standard InChI is InChI=1S/C15H13BrN2O3S/c1-9-3-5-10(6-4-9)22(20,21)15-12(16)11-7-8-17-13(11)14(19)18(15)2/h3-8,17H,1-2H3. The van der Waals surface area contributed by atoms with Gasteiger partial charge < -0.3 is 4.98 Å². The van der Waals surface area contributed by atoms with Crippen molar-refractivity contribution in [2.45, 2.75) is 16.8 Å². The molecule has 1 N–H and O–H groups in total. The van der Waals surface area contributed by atoms with Crippen molar-refractivity contribution in [1.82, 2.24) is 9.55 Å². The highest BCUT2D eigenvalue weighted by molar-refractivity contribution is 9.10. The van der Waals surface area contributed by atoms with Crippen LogP contribution in [0, 0.1) is 6.92 Å². The van der Waals surface area contributed by atoms with Crippen LogP contribution < -0.4 is 5.56 Å². The summed E-state index contributed by atoms with van der Waals surface area (Å²) in [6, 6.07) is 8.22. The number of H-pyrrole nitrogens is 1. The Balaban J connectivity index is 2.39. The lowest BCUT2D eigenvalue weighted by molar-refractivity contribution is 0.581. The smallest absolute Gasteiger partial charge is 0.275 e. The Morgan fingerprint density at radius 1 is 1.14 bits per heavy atom. The molecule has 0 unspecified atom stereocenters. The number of rotatable bonds is 2. The third-order valence-corrected chi connectivity index (χ3v) is 6.53. The number of sulfone groups is 1. The lowest BCUT2D eigenvalue weighted by Crippen LogP contribution is -2.24. The van der Waals surface area contributed by atoms with Crippen molar-refractivity contribution in [2.24, 2.45) is 7.05 Å². The van der Waals surface area contributed by atoms with Gasteiger partial charge in [0.25, 0.3) is 5.56 Å². The number of hydrogen-bond acceptors (Lipinski definition) is 3. The molecule has 0 aliphatic carbocycles. The average Bonchev–Trinajstić information content (AvgIpc) is 2.95. The first-order valence-electron chi connectivity index (χ1n) is 6.51. The van der Waals surface area contributed by atoms with Gasteiger partial charge in [0.1, 0.15) is 5.52 Å². The highest BCUT2D eigenvalue weighted by atomic mass is 79.9. The molecule has 114 valence electrons. The van der Waals surface area contributed by atoms with Crippen LogP contribution in [0.2, 0.25) is 0 Å². The monoisotopic (exact) mass is 380 g/mol. The largest absolute Gasteiger partial charge is 0.357 e. The Morgan fingerprint density at radius 3 is 2.41 bits per heavy atom. The summed E-state index contributed by atoms with van der Waals surface area (Å²) in [5, 5.41) is 0.502. The van der Waals surface area contributed by atoms with Crippen LogP contribution in [-0.4, -0.2) is 18.0 Å². The Kier molecular flexibility index (Phi) is 3.49. The van der Waals surface area contributed by atoms with E-state index >= 15 is 0 Å². The highest BCUT2D eigenvalue weighted by Gasteiger charge is 2.26. The lowest BCUT2D eigenvalue weighted by Gasteiger charge is -2.12. The molecule has 0 radical (unpaired) electrons. The van der Waals surface area contributed by atoms with Crippen LogP contribution in [0.1, 0.15) is 5.56 Å². The second-order valence-electron chi connectivity index (χ2n) is 5.07. The summed E-state index contributed by atoms with van der Waals surface area (Å²) in [5.74, 6) is 0. The van der Waals surface area contributed by atoms with Crippen molar-refractivity contribution in [2.75, 3.05) is 0 Å². The van der Waals surface area contributed by atoms with Crippen molar-refractivity contribution in [1.29, 1.82) is 0 Å². The normalized spacial score (nSPS) is 12.0. The molecule has 5 nitrogen and oxygen atoms in total. The quantitative estimate of drug-likeness (QED) is 0.742. The Morgan fingerprint density at radius 2 is 1.77 bits per heavy atom. The van der Waals surface area contributed by atoms with Gasteiger partial charge in [0.05, 0.1) is 9.37 Å². The van der Waals surface area contributed by atoms with Gasteiger partial charge in [-0.05, 0) is 41.1 Å². The fourth-order valence-electron chi connectivity index (χ4n) is 2.38. The second-order valence-corrected chi connectivity index (χ2v) is 7.72. The number of pyridine rings is 1. The van der Waals surface area contributed by atoms with Gasteiger partial charge in [-0.3, -0.25) is 9.36 Å². The molecule has 0 atom stereocenters. The summed E-state index contributed by atoms with van der Waals surface area (Å²) in [6.45, 7) is 1.88. The predicted octanol–water partition coefficient (Wildman–Crippen LogP) is 2.77. The zero-order valence-electron chi connectivity index (χ0n) is 11.9. The number of nitrogens with zero attached hydrogens (tertiary/aromatic N) is 1. The number of aromatic nitrogens is 2. The summed E-state index contributed by atoms with van der Waals surface area (Å²) in [4.78, 5) is 15.3. The maximum atomic E-state index is 12.9. The molecule has 0 saturated heterocycles. The van der Waals surface area contributed by atoms with E-state index in [2.05, 4.69) is 20.9 Å². The van der Waals surface area contributed by atoms with E-state index in [9.17, 15) is 13.2 Å². The first-order chi connectivity index (χ1) is 10.3. The van der Waals surface area contributed by atoms with Crippen LogP contribution in [0.5, 0.6) is 0 Å². The molecule has 22 heavy (non-hydrogen) atoms. The summed E-state index contributed by atoms with van der Waals surface area (Å²) in [7, 11) is -2.35. The van der Waals surface area contributed by atoms with Gasteiger partial charge in [-0.1, -0.05) is 17.7 Å². The van der Waals surface area contributed by atoms with Gasteiger partial charge in [-0.25, -0.2) is 8.42 Å². The van der Waals surface area contributed by atoms with Crippen molar-refractivity contribution in [3.63, 3.8) is 0 Å². The van der Waals surface area contributed by atoms with E-state index in [0.29, 0.717) is 15.4 Å². The Labute approximate surface area is 135 Å². The molecule has 0 aliphatic heterocycles. The molecular formula is C15H13BrN2O3S. The van der Waals surface area contributed by atoms with E-state index in [1.165, 1.54) is 7.05 Å². The molecule has 0 aliphatic rings. The van der Waals surface area contributed by atoms with Crippen molar-refractivity contribution >= 4 is 36.7 Å². The Bertz CT molecular complexity index is 1030. The van der Waals surface area contributed by atoms with Gasteiger partial charge >= 0.3 is 0 Å². The van der Waals surface area contributed by atoms with Crippen LogP contribution >= 0.6 is 15.9 Å². The van der Waals surface area contributed by atoms with Crippen LogP contribution in [0.15, 0.2) is 55.7 Å². The van der Waals surface area contributed by atoms with Gasteiger partial charge in [-0.15, -0.1) is 0 Å². The van der Waals surface area contributed by atoms with E-state index < -0.39 is 9.84 Å². The number of nitrogens with one attached hydrogen (secondary N) is 1. The Hall–Kier alpha value is -1.86. The molecule has 0 saturated carbocycles. The van der Waals surface area contributed by atoms with Crippen LogP contribution in [-0.2, 0) is 16.9 Å². The van der Waals surface area contributed by atoms with Gasteiger partial charge in [0, 0.05) is 18.6 Å². The maximum absolute atomic E-state index is 12.9. The highest BCUT2D eigenvalue weighted by Crippen LogP contribution is 2.31. The minimum atomic E-state index is -3.81. The summed E-state index contributed by atoms with van der Waals surface area (Å²) in [6.07, 6.45) is 1.61. The van der Waals surface area contributed by atoms with E-state index in [4.69, 9.17) is 0 Å². The fourth-order valence-corrected chi connectivity index (χ4v) is 5.12. The van der Waals surface area contributed by atoms with E-state index in [1.807, 2.05) is 6.92 Å². The SMILES string of the molecule is Cc1ccc(S(=O)(=O)c2c(Br)c3cc[nH]c3c(=O)n2C)cc1. The third-order valence-electron chi connectivity index (χ3n) is 3.58. The molecule has 0 spiro atoms.